The highest BCUT2D eigenvalue weighted by molar-refractivity contribution is 5.85. The number of likely N-dealkylation sites (tertiary alicyclic amines) is 1. The monoisotopic (exact) mass is 335 g/mol. The van der Waals surface area contributed by atoms with Crippen molar-refractivity contribution in [2.75, 3.05) is 19.7 Å². The topological polar surface area (TPSA) is 68.5 Å². The molecule has 1 saturated heterocycles. The fourth-order valence-corrected chi connectivity index (χ4v) is 2.46. The highest BCUT2D eigenvalue weighted by atomic mass is 35.5. The van der Waals surface area contributed by atoms with Gasteiger partial charge >= 0.3 is 0 Å². The van der Waals surface area contributed by atoms with Gasteiger partial charge in [-0.05, 0) is 30.9 Å². The molecule has 1 aromatic rings. The summed E-state index contributed by atoms with van der Waals surface area (Å²) in [6.45, 7) is 3.55. The molecule has 5 nitrogen and oxygen atoms in total. The second kappa shape index (κ2) is 9.82. The van der Waals surface area contributed by atoms with E-state index in [4.69, 9.17) is 10.5 Å². The van der Waals surface area contributed by atoms with Crippen molar-refractivity contribution in [3.63, 3.8) is 0 Å². The van der Waals surface area contributed by atoms with E-state index in [0.29, 0.717) is 18.2 Å². The van der Waals surface area contributed by atoms with Gasteiger partial charge in [0.1, 0.15) is 5.75 Å². The van der Waals surface area contributed by atoms with Gasteiger partial charge in [-0.1, -0.05) is 6.92 Å². The zero-order chi connectivity index (χ0) is 13.7. The summed E-state index contributed by atoms with van der Waals surface area (Å²) >= 11 is 0. The van der Waals surface area contributed by atoms with Crippen molar-refractivity contribution in [3.05, 3.63) is 24.5 Å². The molecule has 1 aliphatic rings. The van der Waals surface area contributed by atoms with Crippen LogP contribution in [0.5, 0.6) is 5.75 Å². The number of aromatic nitrogens is 1. The van der Waals surface area contributed by atoms with E-state index in [9.17, 15) is 4.79 Å². The van der Waals surface area contributed by atoms with Crippen molar-refractivity contribution < 1.29 is 9.53 Å². The number of hydrogen-bond acceptors (Lipinski definition) is 4. The maximum absolute atomic E-state index is 12.2. The average molecular weight is 336 g/mol. The van der Waals surface area contributed by atoms with Gasteiger partial charge in [-0.2, -0.15) is 0 Å². The normalized spacial score (nSPS) is 21.0. The van der Waals surface area contributed by atoms with Gasteiger partial charge in [-0.3, -0.25) is 9.78 Å². The molecule has 2 rings (SSSR count). The number of carbonyl (C=O) groups is 1. The summed E-state index contributed by atoms with van der Waals surface area (Å²) < 4.78 is 5.45. The Balaban J connectivity index is 0.00000200. The standard InChI is InChI=1S/C14H21N3O2.2ClH/c1-11-4-6-17(12(7-11)8-15)14(18)10-19-13-3-2-5-16-9-13;;/h2-3,5,9,11-12H,4,6-8,10,15H2,1H3;2*1H. The molecule has 2 unspecified atom stereocenters. The SMILES string of the molecule is CC1CCN(C(=O)COc2cccnc2)C(CN)C1.Cl.Cl. The third-order valence-corrected chi connectivity index (χ3v) is 3.57. The summed E-state index contributed by atoms with van der Waals surface area (Å²) in [4.78, 5) is 18.0. The number of carbonyl (C=O) groups excluding carboxylic acids is 1. The van der Waals surface area contributed by atoms with Gasteiger partial charge in [0.15, 0.2) is 6.61 Å². The van der Waals surface area contributed by atoms with Crippen LogP contribution in [0.25, 0.3) is 0 Å². The first-order valence-corrected chi connectivity index (χ1v) is 6.73. The largest absolute Gasteiger partial charge is 0.482 e. The number of amides is 1. The van der Waals surface area contributed by atoms with Gasteiger partial charge < -0.3 is 15.4 Å². The van der Waals surface area contributed by atoms with E-state index in [0.717, 1.165) is 19.4 Å². The van der Waals surface area contributed by atoms with Crippen molar-refractivity contribution in [2.45, 2.75) is 25.8 Å². The van der Waals surface area contributed by atoms with Crippen molar-refractivity contribution in [2.24, 2.45) is 11.7 Å². The van der Waals surface area contributed by atoms with E-state index in [1.807, 2.05) is 4.90 Å². The first kappa shape index (κ1) is 20.0. The molecule has 0 radical (unpaired) electrons. The van der Waals surface area contributed by atoms with Crippen molar-refractivity contribution in [1.82, 2.24) is 9.88 Å². The molecule has 1 aliphatic heterocycles. The summed E-state index contributed by atoms with van der Waals surface area (Å²) in [6.07, 6.45) is 5.29. The van der Waals surface area contributed by atoms with Crippen LogP contribution in [-0.4, -0.2) is 41.5 Å². The van der Waals surface area contributed by atoms with Crippen LogP contribution in [0.2, 0.25) is 0 Å². The zero-order valence-corrected chi connectivity index (χ0v) is 13.7. The molecular formula is C14H23Cl2N3O2. The molecule has 1 amide bonds. The molecule has 0 aliphatic carbocycles. The molecule has 120 valence electrons. The molecule has 2 heterocycles. The Bertz CT molecular complexity index is 420. The van der Waals surface area contributed by atoms with Crippen LogP contribution >= 0.6 is 24.8 Å². The Morgan fingerprint density at radius 2 is 2.29 bits per heavy atom. The van der Waals surface area contributed by atoms with Gasteiger partial charge in [0, 0.05) is 25.3 Å². The lowest BCUT2D eigenvalue weighted by molar-refractivity contribution is -0.137. The molecule has 0 saturated carbocycles. The third kappa shape index (κ3) is 5.69. The molecule has 0 spiro atoms. The van der Waals surface area contributed by atoms with E-state index >= 15 is 0 Å². The first-order valence-electron chi connectivity index (χ1n) is 6.73. The lowest BCUT2D eigenvalue weighted by Crippen LogP contribution is -2.50. The highest BCUT2D eigenvalue weighted by Crippen LogP contribution is 2.22. The minimum Gasteiger partial charge on any atom is -0.482 e. The van der Waals surface area contributed by atoms with Crippen LogP contribution in [0.15, 0.2) is 24.5 Å². The maximum Gasteiger partial charge on any atom is 0.260 e. The van der Waals surface area contributed by atoms with E-state index in [-0.39, 0.29) is 43.4 Å². The number of hydrogen-bond donors (Lipinski definition) is 1. The molecule has 1 fully saturated rings. The summed E-state index contributed by atoms with van der Waals surface area (Å²) in [6, 6.07) is 3.72. The lowest BCUT2D eigenvalue weighted by atomic mass is 9.92. The predicted molar refractivity (Wildman–Crippen MR) is 87.2 cm³/mol. The average Bonchev–Trinajstić information content (AvgIpc) is 2.45. The Kier molecular flexibility index (Phi) is 9.33. The van der Waals surface area contributed by atoms with Crippen molar-refractivity contribution >= 4 is 30.7 Å². The van der Waals surface area contributed by atoms with Gasteiger partial charge in [0.25, 0.3) is 5.91 Å². The minimum atomic E-state index is 0. The van der Waals surface area contributed by atoms with E-state index in [1.54, 1.807) is 24.5 Å². The summed E-state index contributed by atoms with van der Waals surface area (Å²) in [5.74, 6) is 1.26. The quantitative estimate of drug-likeness (QED) is 0.912. The Morgan fingerprint density at radius 1 is 1.52 bits per heavy atom. The molecular weight excluding hydrogens is 313 g/mol. The van der Waals surface area contributed by atoms with Crippen LogP contribution in [0.3, 0.4) is 0 Å². The minimum absolute atomic E-state index is 0. The van der Waals surface area contributed by atoms with E-state index in [1.165, 1.54) is 0 Å². The number of halogens is 2. The Hall–Kier alpha value is -1.04. The Labute approximate surface area is 138 Å². The van der Waals surface area contributed by atoms with Crippen molar-refractivity contribution in [3.8, 4) is 5.75 Å². The molecule has 0 aromatic carbocycles. The smallest absolute Gasteiger partial charge is 0.260 e. The van der Waals surface area contributed by atoms with Crippen LogP contribution in [0, 0.1) is 5.92 Å². The van der Waals surface area contributed by atoms with Crippen LogP contribution in [0.4, 0.5) is 0 Å². The third-order valence-electron chi connectivity index (χ3n) is 3.57. The van der Waals surface area contributed by atoms with E-state index < -0.39 is 0 Å². The van der Waals surface area contributed by atoms with Crippen LogP contribution in [-0.2, 0) is 4.79 Å². The van der Waals surface area contributed by atoms with Gasteiger partial charge in [-0.15, -0.1) is 24.8 Å². The van der Waals surface area contributed by atoms with E-state index in [2.05, 4.69) is 11.9 Å². The summed E-state index contributed by atoms with van der Waals surface area (Å²) in [5, 5.41) is 0. The summed E-state index contributed by atoms with van der Waals surface area (Å²) in [7, 11) is 0. The maximum atomic E-state index is 12.2. The van der Waals surface area contributed by atoms with Gasteiger partial charge in [-0.25, -0.2) is 0 Å². The fourth-order valence-electron chi connectivity index (χ4n) is 2.46. The number of rotatable bonds is 4. The molecule has 2 N–H and O–H groups in total. The van der Waals surface area contributed by atoms with Crippen LogP contribution in [0.1, 0.15) is 19.8 Å². The highest BCUT2D eigenvalue weighted by Gasteiger charge is 2.28. The molecule has 0 bridgehead atoms. The molecule has 21 heavy (non-hydrogen) atoms. The second-order valence-corrected chi connectivity index (χ2v) is 5.08. The fraction of sp³-hybridized carbons (Fsp3) is 0.571. The second-order valence-electron chi connectivity index (χ2n) is 5.08. The molecule has 2 atom stereocenters. The number of ether oxygens (including phenoxy) is 1. The first-order chi connectivity index (χ1) is 9.20. The number of nitrogens with zero attached hydrogens (tertiary/aromatic N) is 2. The Morgan fingerprint density at radius 3 is 2.90 bits per heavy atom. The number of piperidine rings is 1. The van der Waals surface area contributed by atoms with Crippen LogP contribution < -0.4 is 10.5 Å². The molecule has 7 heteroatoms. The number of nitrogens with two attached hydrogens (primary N) is 1. The number of pyridine rings is 1. The molecule has 1 aromatic heterocycles. The predicted octanol–water partition coefficient (Wildman–Crippen LogP) is 1.89. The van der Waals surface area contributed by atoms with Gasteiger partial charge in [0.05, 0.1) is 6.20 Å². The lowest BCUT2D eigenvalue weighted by Gasteiger charge is -2.37. The van der Waals surface area contributed by atoms with Gasteiger partial charge in [0.2, 0.25) is 0 Å². The zero-order valence-electron chi connectivity index (χ0n) is 12.1. The summed E-state index contributed by atoms with van der Waals surface area (Å²) in [5.41, 5.74) is 5.76. The van der Waals surface area contributed by atoms with Crippen molar-refractivity contribution in [1.29, 1.82) is 0 Å².